The van der Waals surface area contributed by atoms with Gasteiger partial charge in [0.1, 0.15) is 0 Å². The molecule has 0 fully saturated rings. The molecule has 0 saturated heterocycles. The molecule has 2 nitrogen and oxygen atoms in total. The van der Waals surface area contributed by atoms with Crippen LogP contribution in [0, 0.1) is 20.8 Å². The Balaban J connectivity index is 1.94. The van der Waals surface area contributed by atoms with Crippen molar-refractivity contribution < 1.29 is 0 Å². The molecule has 0 saturated carbocycles. The van der Waals surface area contributed by atoms with Crippen molar-refractivity contribution in [2.24, 2.45) is 0 Å². The standard InChI is InChI=1S/C18H22N2/c1-13-10-14(2)16(15(3)11-13)12-20-9-8-19-17-6-4-5-7-18(17)20/h4-7,10-11,19H,8-9,12H2,1-3H3. The first-order valence-corrected chi connectivity index (χ1v) is 7.30. The molecule has 0 amide bonds. The summed E-state index contributed by atoms with van der Waals surface area (Å²) >= 11 is 0. The van der Waals surface area contributed by atoms with Gasteiger partial charge in [-0.05, 0) is 49.6 Å². The van der Waals surface area contributed by atoms with E-state index in [2.05, 4.69) is 67.4 Å². The van der Waals surface area contributed by atoms with E-state index < -0.39 is 0 Å². The molecule has 1 N–H and O–H groups in total. The van der Waals surface area contributed by atoms with Crippen LogP contribution in [0.25, 0.3) is 0 Å². The number of nitrogens with zero attached hydrogens (tertiary/aromatic N) is 1. The predicted molar refractivity (Wildman–Crippen MR) is 86.6 cm³/mol. The maximum atomic E-state index is 3.48. The smallest absolute Gasteiger partial charge is 0.0605 e. The molecule has 0 aliphatic carbocycles. The summed E-state index contributed by atoms with van der Waals surface area (Å²) < 4.78 is 0. The Kier molecular flexibility index (Phi) is 3.39. The van der Waals surface area contributed by atoms with E-state index in [0.29, 0.717) is 0 Å². The molecule has 20 heavy (non-hydrogen) atoms. The van der Waals surface area contributed by atoms with Crippen molar-refractivity contribution in [1.82, 2.24) is 0 Å². The van der Waals surface area contributed by atoms with E-state index in [0.717, 1.165) is 19.6 Å². The van der Waals surface area contributed by atoms with Crippen LogP contribution >= 0.6 is 0 Å². The molecule has 0 radical (unpaired) electrons. The summed E-state index contributed by atoms with van der Waals surface area (Å²) in [6.45, 7) is 9.69. The van der Waals surface area contributed by atoms with E-state index in [9.17, 15) is 0 Å². The third-order valence-electron chi connectivity index (χ3n) is 4.13. The van der Waals surface area contributed by atoms with Gasteiger partial charge in [-0.3, -0.25) is 0 Å². The second kappa shape index (κ2) is 5.20. The minimum absolute atomic E-state index is 0.997. The zero-order valence-corrected chi connectivity index (χ0v) is 12.5. The molecule has 0 spiro atoms. The average molecular weight is 266 g/mol. The number of aryl methyl sites for hydroxylation is 3. The monoisotopic (exact) mass is 266 g/mol. The minimum Gasteiger partial charge on any atom is -0.382 e. The van der Waals surface area contributed by atoms with Gasteiger partial charge in [-0.1, -0.05) is 29.8 Å². The van der Waals surface area contributed by atoms with Gasteiger partial charge in [0.15, 0.2) is 0 Å². The number of hydrogen-bond acceptors (Lipinski definition) is 2. The fourth-order valence-electron chi connectivity index (χ4n) is 3.16. The predicted octanol–water partition coefficient (Wildman–Crippen LogP) is 4.04. The molecular weight excluding hydrogens is 244 g/mol. The molecule has 1 aliphatic heterocycles. The summed E-state index contributed by atoms with van der Waals surface area (Å²) in [5.74, 6) is 0. The van der Waals surface area contributed by atoms with E-state index in [1.54, 1.807) is 0 Å². The molecule has 0 atom stereocenters. The maximum Gasteiger partial charge on any atom is 0.0605 e. The summed E-state index contributed by atoms with van der Waals surface area (Å²) in [5.41, 5.74) is 8.19. The van der Waals surface area contributed by atoms with Gasteiger partial charge in [0.2, 0.25) is 0 Å². The third-order valence-corrected chi connectivity index (χ3v) is 4.13. The van der Waals surface area contributed by atoms with Crippen LogP contribution in [0.2, 0.25) is 0 Å². The zero-order chi connectivity index (χ0) is 14.1. The fourth-order valence-corrected chi connectivity index (χ4v) is 3.16. The van der Waals surface area contributed by atoms with Gasteiger partial charge in [-0.25, -0.2) is 0 Å². The van der Waals surface area contributed by atoms with Gasteiger partial charge in [0.05, 0.1) is 11.4 Å². The van der Waals surface area contributed by atoms with Crippen LogP contribution in [-0.4, -0.2) is 13.1 Å². The highest BCUT2D eigenvalue weighted by molar-refractivity contribution is 5.72. The Hall–Kier alpha value is -1.96. The summed E-state index contributed by atoms with van der Waals surface area (Å²) in [6, 6.07) is 13.2. The lowest BCUT2D eigenvalue weighted by molar-refractivity contribution is 0.780. The van der Waals surface area contributed by atoms with Gasteiger partial charge in [-0.2, -0.15) is 0 Å². The number of benzene rings is 2. The van der Waals surface area contributed by atoms with E-state index in [-0.39, 0.29) is 0 Å². The SMILES string of the molecule is Cc1cc(C)c(CN2CCNc3ccccc32)c(C)c1. The lowest BCUT2D eigenvalue weighted by atomic mass is 9.99. The average Bonchev–Trinajstić information content (AvgIpc) is 2.43. The molecule has 104 valence electrons. The van der Waals surface area contributed by atoms with Crippen molar-refractivity contribution in [2.45, 2.75) is 27.3 Å². The van der Waals surface area contributed by atoms with Crippen LogP contribution < -0.4 is 10.2 Å². The highest BCUT2D eigenvalue weighted by atomic mass is 15.2. The van der Waals surface area contributed by atoms with Crippen molar-refractivity contribution in [2.75, 3.05) is 23.3 Å². The Morgan fingerprint density at radius 1 is 1.05 bits per heavy atom. The first kappa shape index (κ1) is 13.0. The molecule has 1 heterocycles. The summed E-state index contributed by atoms with van der Waals surface area (Å²) in [6.07, 6.45) is 0. The summed E-state index contributed by atoms with van der Waals surface area (Å²) in [5, 5.41) is 3.48. The molecule has 2 aromatic carbocycles. The van der Waals surface area contributed by atoms with E-state index in [1.165, 1.54) is 33.6 Å². The topological polar surface area (TPSA) is 15.3 Å². The molecule has 0 bridgehead atoms. The van der Waals surface area contributed by atoms with Gasteiger partial charge < -0.3 is 10.2 Å². The Morgan fingerprint density at radius 2 is 1.75 bits per heavy atom. The first-order valence-electron chi connectivity index (χ1n) is 7.30. The molecule has 2 aromatic rings. The number of para-hydroxylation sites is 2. The number of hydrogen-bond donors (Lipinski definition) is 1. The summed E-state index contributed by atoms with van der Waals surface area (Å²) in [7, 11) is 0. The molecule has 0 unspecified atom stereocenters. The number of anilines is 2. The number of rotatable bonds is 2. The molecular formula is C18H22N2. The summed E-state index contributed by atoms with van der Waals surface area (Å²) in [4.78, 5) is 2.48. The van der Waals surface area contributed by atoms with E-state index in [4.69, 9.17) is 0 Å². The maximum absolute atomic E-state index is 3.48. The van der Waals surface area contributed by atoms with Crippen LogP contribution in [0.3, 0.4) is 0 Å². The molecule has 1 aliphatic rings. The fraction of sp³-hybridized carbons (Fsp3) is 0.333. The molecule has 3 rings (SSSR count). The minimum atomic E-state index is 0.997. The lowest BCUT2D eigenvalue weighted by Crippen LogP contribution is -2.33. The van der Waals surface area contributed by atoms with Crippen LogP contribution in [-0.2, 0) is 6.54 Å². The van der Waals surface area contributed by atoms with E-state index in [1.807, 2.05) is 0 Å². The number of nitrogens with one attached hydrogen (secondary N) is 1. The Bertz CT molecular complexity index is 608. The zero-order valence-electron chi connectivity index (χ0n) is 12.5. The lowest BCUT2D eigenvalue weighted by Gasteiger charge is -2.33. The normalized spacial score (nSPS) is 13.8. The molecule has 0 aromatic heterocycles. The largest absolute Gasteiger partial charge is 0.382 e. The Morgan fingerprint density at radius 3 is 2.50 bits per heavy atom. The van der Waals surface area contributed by atoms with Gasteiger partial charge in [0.25, 0.3) is 0 Å². The van der Waals surface area contributed by atoms with Gasteiger partial charge in [-0.15, -0.1) is 0 Å². The second-order valence-corrected chi connectivity index (χ2v) is 5.74. The highest BCUT2D eigenvalue weighted by Gasteiger charge is 2.17. The van der Waals surface area contributed by atoms with Crippen LogP contribution in [0.4, 0.5) is 11.4 Å². The van der Waals surface area contributed by atoms with E-state index >= 15 is 0 Å². The second-order valence-electron chi connectivity index (χ2n) is 5.74. The van der Waals surface area contributed by atoms with Crippen LogP contribution in [0.1, 0.15) is 22.3 Å². The molecule has 2 heteroatoms. The first-order chi connectivity index (χ1) is 9.65. The highest BCUT2D eigenvalue weighted by Crippen LogP contribution is 2.30. The van der Waals surface area contributed by atoms with Crippen molar-refractivity contribution in [1.29, 1.82) is 0 Å². The van der Waals surface area contributed by atoms with Crippen LogP contribution in [0.15, 0.2) is 36.4 Å². The number of fused-ring (bicyclic) bond motifs is 1. The van der Waals surface area contributed by atoms with Crippen molar-refractivity contribution in [3.63, 3.8) is 0 Å². The van der Waals surface area contributed by atoms with Gasteiger partial charge >= 0.3 is 0 Å². The Labute approximate surface area is 121 Å². The van der Waals surface area contributed by atoms with Crippen molar-refractivity contribution in [3.05, 3.63) is 58.7 Å². The van der Waals surface area contributed by atoms with Gasteiger partial charge in [0, 0.05) is 19.6 Å². The van der Waals surface area contributed by atoms with Crippen LogP contribution in [0.5, 0.6) is 0 Å². The van der Waals surface area contributed by atoms with Crippen molar-refractivity contribution in [3.8, 4) is 0 Å². The quantitative estimate of drug-likeness (QED) is 0.882. The third kappa shape index (κ3) is 2.38. The van der Waals surface area contributed by atoms with Crippen molar-refractivity contribution >= 4 is 11.4 Å².